The quantitative estimate of drug-likeness (QED) is 0.886. The van der Waals surface area contributed by atoms with E-state index in [9.17, 15) is 13.5 Å². The summed E-state index contributed by atoms with van der Waals surface area (Å²) in [4.78, 5) is -0.146. The fourth-order valence-electron chi connectivity index (χ4n) is 2.50. The van der Waals surface area contributed by atoms with E-state index in [-0.39, 0.29) is 22.1 Å². The molecule has 0 saturated heterocycles. The predicted molar refractivity (Wildman–Crippen MR) is 74.8 cm³/mol. The molecule has 0 heterocycles. The summed E-state index contributed by atoms with van der Waals surface area (Å²) in [6, 6.07) is 5.94. The minimum Gasteiger partial charge on any atom is -0.394 e. The summed E-state index contributed by atoms with van der Waals surface area (Å²) >= 11 is 5.81. The molecule has 108 valence electrons. The molecule has 2 rings (SSSR count). The highest BCUT2D eigenvalue weighted by atomic mass is 35.5. The number of aliphatic hydroxyl groups excluding tert-OH is 1. The lowest BCUT2D eigenvalue weighted by Gasteiger charge is -2.27. The lowest BCUT2D eigenvalue weighted by atomic mass is 10.0. The summed E-state index contributed by atoms with van der Waals surface area (Å²) in [5, 5.41) is 18.8. The summed E-state index contributed by atoms with van der Waals surface area (Å²) in [6.07, 6.45) is 2.91. The molecule has 2 N–H and O–H groups in total. The van der Waals surface area contributed by atoms with E-state index in [0.29, 0.717) is 12.8 Å². The molecule has 1 aromatic rings. The van der Waals surface area contributed by atoms with Gasteiger partial charge in [0.25, 0.3) is 0 Å². The van der Waals surface area contributed by atoms with E-state index in [2.05, 4.69) is 4.72 Å². The third-order valence-corrected chi connectivity index (χ3v) is 5.42. The zero-order chi connectivity index (χ0) is 14.8. The van der Waals surface area contributed by atoms with E-state index >= 15 is 0 Å². The fraction of sp³-hybridized carbons (Fsp3) is 0.462. The zero-order valence-electron chi connectivity index (χ0n) is 10.8. The molecule has 0 amide bonds. The molecule has 0 unspecified atom stereocenters. The van der Waals surface area contributed by atoms with E-state index < -0.39 is 15.6 Å². The highest BCUT2D eigenvalue weighted by Crippen LogP contribution is 2.31. The van der Waals surface area contributed by atoms with Gasteiger partial charge in [0.1, 0.15) is 11.0 Å². The van der Waals surface area contributed by atoms with Crippen molar-refractivity contribution in [3.8, 4) is 6.07 Å². The maximum atomic E-state index is 12.5. The van der Waals surface area contributed by atoms with Crippen LogP contribution in [0.15, 0.2) is 23.1 Å². The van der Waals surface area contributed by atoms with Gasteiger partial charge in [-0.1, -0.05) is 24.4 Å². The van der Waals surface area contributed by atoms with Gasteiger partial charge in [-0.25, -0.2) is 13.1 Å². The van der Waals surface area contributed by atoms with Crippen LogP contribution in [0.5, 0.6) is 0 Å². The number of aliphatic hydroxyl groups is 1. The third-order valence-electron chi connectivity index (χ3n) is 3.57. The molecule has 0 aromatic heterocycles. The van der Waals surface area contributed by atoms with Crippen LogP contribution in [0.1, 0.15) is 31.2 Å². The van der Waals surface area contributed by atoms with Gasteiger partial charge in [0.15, 0.2) is 0 Å². The first-order valence-corrected chi connectivity index (χ1v) is 8.13. The van der Waals surface area contributed by atoms with Crippen LogP contribution in [0.4, 0.5) is 0 Å². The maximum absolute atomic E-state index is 12.5. The van der Waals surface area contributed by atoms with Crippen molar-refractivity contribution < 1.29 is 13.5 Å². The first kappa shape index (κ1) is 15.3. The van der Waals surface area contributed by atoms with Crippen LogP contribution in [0, 0.1) is 11.3 Å². The van der Waals surface area contributed by atoms with Crippen molar-refractivity contribution in [1.82, 2.24) is 4.72 Å². The number of nitriles is 1. The molecule has 1 aromatic carbocycles. The molecule has 5 nitrogen and oxygen atoms in total. The Bertz CT molecular complexity index is 646. The second-order valence-corrected chi connectivity index (χ2v) is 7.09. The highest BCUT2D eigenvalue weighted by Gasteiger charge is 2.38. The molecule has 0 radical (unpaired) electrons. The summed E-state index contributed by atoms with van der Waals surface area (Å²) < 4.78 is 27.5. The zero-order valence-corrected chi connectivity index (χ0v) is 12.3. The number of sulfonamides is 1. The van der Waals surface area contributed by atoms with Crippen molar-refractivity contribution in [3.63, 3.8) is 0 Å². The number of nitrogens with zero attached hydrogens (tertiary/aromatic N) is 1. The Hall–Kier alpha value is -1.13. The van der Waals surface area contributed by atoms with E-state index in [0.717, 1.165) is 12.8 Å². The van der Waals surface area contributed by atoms with E-state index in [1.807, 2.05) is 6.07 Å². The van der Waals surface area contributed by atoms with Gasteiger partial charge in [0, 0.05) is 5.02 Å². The Labute approximate surface area is 123 Å². The smallest absolute Gasteiger partial charge is 0.242 e. The summed E-state index contributed by atoms with van der Waals surface area (Å²) in [5.74, 6) is 0. The number of benzene rings is 1. The first-order chi connectivity index (χ1) is 9.42. The van der Waals surface area contributed by atoms with Gasteiger partial charge in [0.05, 0.1) is 17.7 Å². The van der Waals surface area contributed by atoms with E-state index in [1.165, 1.54) is 18.2 Å². The Morgan fingerprint density at radius 2 is 2.05 bits per heavy atom. The minimum atomic E-state index is -3.90. The number of rotatable bonds is 4. The van der Waals surface area contributed by atoms with Crippen LogP contribution in [0.2, 0.25) is 5.02 Å². The molecule has 0 bridgehead atoms. The van der Waals surface area contributed by atoms with Crippen LogP contribution in [0.25, 0.3) is 0 Å². The maximum Gasteiger partial charge on any atom is 0.242 e. The molecule has 20 heavy (non-hydrogen) atoms. The average molecular weight is 315 g/mol. The molecular formula is C13H15ClN2O3S. The Balaban J connectivity index is 2.41. The topological polar surface area (TPSA) is 90.2 Å². The Kier molecular flexibility index (Phi) is 4.35. The lowest BCUT2D eigenvalue weighted by molar-refractivity contribution is 0.185. The molecular weight excluding hydrogens is 300 g/mol. The lowest BCUT2D eigenvalue weighted by Crippen LogP contribution is -2.49. The summed E-state index contributed by atoms with van der Waals surface area (Å²) in [7, 11) is -3.90. The van der Waals surface area contributed by atoms with Crippen LogP contribution >= 0.6 is 11.6 Å². The monoisotopic (exact) mass is 314 g/mol. The van der Waals surface area contributed by atoms with Crippen molar-refractivity contribution in [1.29, 1.82) is 5.26 Å². The van der Waals surface area contributed by atoms with E-state index in [4.69, 9.17) is 16.9 Å². The second kappa shape index (κ2) is 5.70. The van der Waals surface area contributed by atoms with Crippen LogP contribution < -0.4 is 4.72 Å². The molecule has 0 atom stereocenters. The molecule has 1 aliphatic rings. The van der Waals surface area contributed by atoms with Gasteiger partial charge in [-0.15, -0.1) is 0 Å². The van der Waals surface area contributed by atoms with Crippen molar-refractivity contribution in [2.75, 3.05) is 6.61 Å². The van der Waals surface area contributed by atoms with Crippen molar-refractivity contribution in [3.05, 3.63) is 28.8 Å². The number of hydrogen-bond acceptors (Lipinski definition) is 4. The van der Waals surface area contributed by atoms with Crippen LogP contribution in [0.3, 0.4) is 0 Å². The predicted octanol–water partition coefficient (Wildman–Crippen LogP) is 1.80. The Morgan fingerprint density at radius 3 is 2.60 bits per heavy atom. The SMILES string of the molecule is N#Cc1ccc(Cl)cc1S(=O)(=O)NC1(CO)CCCC1. The highest BCUT2D eigenvalue weighted by molar-refractivity contribution is 7.89. The van der Waals surface area contributed by atoms with E-state index in [1.54, 1.807) is 0 Å². The molecule has 1 saturated carbocycles. The number of hydrogen-bond donors (Lipinski definition) is 2. The van der Waals surface area contributed by atoms with Gasteiger partial charge >= 0.3 is 0 Å². The van der Waals surface area contributed by atoms with Gasteiger partial charge in [-0.05, 0) is 31.0 Å². The first-order valence-electron chi connectivity index (χ1n) is 6.27. The van der Waals surface area contributed by atoms with Crippen LogP contribution in [-0.2, 0) is 10.0 Å². The molecule has 1 aliphatic carbocycles. The van der Waals surface area contributed by atoms with Gasteiger partial charge in [-0.2, -0.15) is 5.26 Å². The van der Waals surface area contributed by atoms with Gasteiger partial charge < -0.3 is 5.11 Å². The molecule has 0 spiro atoms. The second-order valence-electron chi connectivity index (χ2n) is 5.00. The third kappa shape index (κ3) is 2.96. The van der Waals surface area contributed by atoms with Crippen molar-refractivity contribution in [2.24, 2.45) is 0 Å². The van der Waals surface area contributed by atoms with Gasteiger partial charge in [-0.3, -0.25) is 0 Å². The van der Waals surface area contributed by atoms with Crippen LogP contribution in [-0.4, -0.2) is 25.7 Å². The number of halogens is 1. The van der Waals surface area contributed by atoms with Crippen molar-refractivity contribution in [2.45, 2.75) is 36.1 Å². The summed E-state index contributed by atoms with van der Waals surface area (Å²) in [5.41, 5.74) is -0.790. The minimum absolute atomic E-state index is 0.0352. The fourth-order valence-corrected chi connectivity index (χ4v) is 4.37. The summed E-state index contributed by atoms with van der Waals surface area (Å²) in [6.45, 7) is -0.255. The standard InChI is InChI=1S/C13H15ClN2O3S/c14-11-4-3-10(8-15)12(7-11)20(18,19)16-13(9-17)5-1-2-6-13/h3-4,7,16-17H,1-2,5-6,9H2. The Morgan fingerprint density at radius 1 is 1.40 bits per heavy atom. The number of nitrogens with one attached hydrogen (secondary N) is 1. The van der Waals surface area contributed by atoms with Crippen molar-refractivity contribution >= 4 is 21.6 Å². The molecule has 0 aliphatic heterocycles. The average Bonchev–Trinajstić information content (AvgIpc) is 2.87. The van der Waals surface area contributed by atoms with Gasteiger partial charge in [0.2, 0.25) is 10.0 Å². The molecule has 7 heteroatoms. The molecule has 1 fully saturated rings. The normalized spacial score (nSPS) is 17.9. The largest absolute Gasteiger partial charge is 0.394 e.